The minimum atomic E-state index is 0.213. The van der Waals surface area contributed by atoms with Crippen LogP contribution in [0.25, 0.3) is 0 Å². The van der Waals surface area contributed by atoms with Crippen LogP contribution in [0.3, 0.4) is 0 Å². The molecule has 0 spiro atoms. The summed E-state index contributed by atoms with van der Waals surface area (Å²) in [5.74, 6) is 5.61. The maximum atomic E-state index is 6.33. The molecule has 1 rings (SSSR count). The molecule has 0 radical (unpaired) electrons. The van der Waals surface area contributed by atoms with Crippen molar-refractivity contribution in [3.05, 3.63) is 16.4 Å². The number of nitrogens with two attached hydrogens (primary N) is 1. The van der Waals surface area contributed by atoms with Crippen LogP contribution in [0.4, 0.5) is 0 Å². The molecule has 0 amide bonds. The number of aryl methyl sites for hydroxylation is 2. The third kappa shape index (κ3) is 3.95. The molecule has 0 aliphatic rings. The Bertz CT molecular complexity index is 375. The Kier molecular flexibility index (Phi) is 6.08. The number of aromatic nitrogens is 2. The third-order valence-corrected chi connectivity index (χ3v) is 3.54. The SMILES string of the molecule is CCc1nn(C)c(CC(CCN(C)C)NN)c1Cl. The summed E-state index contributed by atoms with van der Waals surface area (Å²) < 4.78 is 1.86. The summed E-state index contributed by atoms with van der Waals surface area (Å²) in [6, 6.07) is 0.213. The molecule has 0 saturated carbocycles. The van der Waals surface area contributed by atoms with Crippen molar-refractivity contribution in [3.63, 3.8) is 0 Å². The summed E-state index contributed by atoms with van der Waals surface area (Å²) in [6.45, 7) is 3.05. The van der Waals surface area contributed by atoms with Crippen molar-refractivity contribution in [3.8, 4) is 0 Å². The lowest BCUT2D eigenvalue weighted by molar-refractivity contribution is 0.356. The molecule has 5 nitrogen and oxygen atoms in total. The molecule has 6 heteroatoms. The Morgan fingerprint density at radius 3 is 2.61 bits per heavy atom. The standard InChI is InChI=1S/C12H24ClN5/c1-5-10-12(13)11(18(4)16-10)8-9(15-14)6-7-17(2)3/h9,15H,5-8,14H2,1-4H3. The molecule has 0 aromatic carbocycles. The second kappa shape index (κ2) is 7.09. The van der Waals surface area contributed by atoms with Gasteiger partial charge in [-0.3, -0.25) is 16.0 Å². The highest BCUT2D eigenvalue weighted by molar-refractivity contribution is 6.31. The molecule has 0 fully saturated rings. The first-order valence-electron chi connectivity index (χ1n) is 6.30. The average Bonchev–Trinajstić information content (AvgIpc) is 2.60. The van der Waals surface area contributed by atoms with Gasteiger partial charge in [-0.2, -0.15) is 5.10 Å². The molecular formula is C12H24ClN5. The van der Waals surface area contributed by atoms with Crippen LogP contribution in [0, 0.1) is 0 Å². The monoisotopic (exact) mass is 273 g/mol. The van der Waals surface area contributed by atoms with Crippen LogP contribution in [0.1, 0.15) is 24.7 Å². The van der Waals surface area contributed by atoms with Gasteiger partial charge >= 0.3 is 0 Å². The zero-order chi connectivity index (χ0) is 13.7. The Labute approximate surface area is 114 Å². The Hall–Kier alpha value is -0.620. The van der Waals surface area contributed by atoms with Gasteiger partial charge in [0.1, 0.15) is 0 Å². The van der Waals surface area contributed by atoms with E-state index < -0.39 is 0 Å². The molecule has 0 saturated heterocycles. The van der Waals surface area contributed by atoms with Gasteiger partial charge in [-0.1, -0.05) is 18.5 Å². The first kappa shape index (κ1) is 15.4. The van der Waals surface area contributed by atoms with Crippen molar-refractivity contribution >= 4 is 11.6 Å². The van der Waals surface area contributed by atoms with E-state index in [9.17, 15) is 0 Å². The number of halogens is 1. The highest BCUT2D eigenvalue weighted by atomic mass is 35.5. The predicted octanol–water partition coefficient (Wildman–Crippen LogP) is 0.962. The van der Waals surface area contributed by atoms with Gasteiger partial charge in [0, 0.05) is 19.5 Å². The van der Waals surface area contributed by atoms with Crippen LogP contribution >= 0.6 is 11.6 Å². The van der Waals surface area contributed by atoms with Gasteiger partial charge in [0.25, 0.3) is 0 Å². The molecular weight excluding hydrogens is 250 g/mol. The van der Waals surface area contributed by atoms with E-state index >= 15 is 0 Å². The van der Waals surface area contributed by atoms with Crippen molar-refractivity contribution in [2.75, 3.05) is 20.6 Å². The summed E-state index contributed by atoms with van der Waals surface area (Å²) in [5, 5.41) is 5.20. The molecule has 0 bridgehead atoms. The Morgan fingerprint density at radius 2 is 2.17 bits per heavy atom. The fourth-order valence-electron chi connectivity index (χ4n) is 1.93. The van der Waals surface area contributed by atoms with E-state index in [0.29, 0.717) is 0 Å². The third-order valence-electron chi connectivity index (χ3n) is 3.10. The lowest BCUT2D eigenvalue weighted by Crippen LogP contribution is -2.39. The summed E-state index contributed by atoms with van der Waals surface area (Å²) in [7, 11) is 6.04. The van der Waals surface area contributed by atoms with E-state index in [0.717, 1.165) is 42.2 Å². The normalized spacial score (nSPS) is 13.3. The summed E-state index contributed by atoms with van der Waals surface area (Å²) >= 11 is 6.33. The van der Waals surface area contributed by atoms with Crippen LogP contribution < -0.4 is 11.3 Å². The highest BCUT2D eigenvalue weighted by Gasteiger charge is 2.17. The van der Waals surface area contributed by atoms with Crippen molar-refractivity contribution in [1.29, 1.82) is 0 Å². The molecule has 104 valence electrons. The number of rotatable bonds is 7. The molecule has 0 aliphatic heterocycles. The highest BCUT2D eigenvalue weighted by Crippen LogP contribution is 2.22. The zero-order valence-corrected chi connectivity index (χ0v) is 12.5. The Morgan fingerprint density at radius 1 is 1.50 bits per heavy atom. The smallest absolute Gasteiger partial charge is 0.0850 e. The van der Waals surface area contributed by atoms with Gasteiger partial charge in [-0.25, -0.2) is 0 Å². The van der Waals surface area contributed by atoms with Gasteiger partial charge in [-0.05, 0) is 33.5 Å². The van der Waals surface area contributed by atoms with Gasteiger partial charge < -0.3 is 4.90 Å². The molecule has 1 unspecified atom stereocenters. The van der Waals surface area contributed by atoms with Gasteiger partial charge in [0.2, 0.25) is 0 Å². The second-order valence-electron chi connectivity index (χ2n) is 4.84. The number of nitrogens with zero attached hydrogens (tertiary/aromatic N) is 3. The summed E-state index contributed by atoms with van der Waals surface area (Å²) in [4.78, 5) is 2.15. The van der Waals surface area contributed by atoms with Crippen molar-refractivity contribution < 1.29 is 0 Å². The van der Waals surface area contributed by atoms with Crippen LogP contribution in [-0.4, -0.2) is 41.4 Å². The fourth-order valence-corrected chi connectivity index (χ4v) is 2.30. The first-order chi connectivity index (χ1) is 8.49. The van der Waals surface area contributed by atoms with E-state index in [1.54, 1.807) is 0 Å². The summed E-state index contributed by atoms with van der Waals surface area (Å²) in [5.41, 5.74) is 4.87. The van der Waals surface area contributed by atoms with E-state index in [2.05, 4.69) is 36.4 Å². The van der Waals surface area contributed by atoms with Crippen molar-refractivity contribution in [1.82, 2.24) is 20.1 Å². The van der Waals surface area contributed by atoms with Crippen LogP contribution in [0.2, 0.25) is 5.02 Å². The van der Waals surface area contributed by atoms with Crippen LogP contribution in [0.15, 0.2) is 0 Å². The molecule has 18 heavy (non-hydrogen) atoms. The minimum Gasteiger partial charge on any atom is -0.309 e. The number of hydrogen-bond acceptors (Lipinski definition) is 4. The quantitative estimate of drug-likeness (QED) is 0.574. The zero-order valence-electron chi connectivity index (χ0n) is 11.7. The van der Waals surface area contributed by atoms with Gasteiger partial charge in [0.15, 0.2) is 0 Å². The molecule has 0 aliphatic carbocycles. The average molecular weight is 274 g/mol. The van der Waals surface area contributed by atoms with E-state index in [1.165, 1.54) is 0 Å². The van der Waals surface area contributed by atoms with E-state index in [1.807, 2.05) is 11.7 Å². The first-order valence-corrected chi connectivity index (χ1v) is 6.68. The summed E-state index contributed by atoms with van der Waals surface area (Å²) in [6.07, 6.45) is 2.63. The van der Waals surface area contributed by atoms with Gasteiger partial charge in [0.05, 0.1) is 16.4 Å². The van der Waals surface area contributed by atoms with Crippen LogP contribution in [-0.2, 0) is 19.9 Å². The molecule has 1 aromatic heterocycles. The van der Waals surface area contributed by atoms with Crippen molar-refractivity contribution in [2.24, 2.45) is 12.9 Å². The van der Waals surface area contributed by atoms with Crippen LogP contribution in [0.5, 0.6) is 0 Å². The number of nitrogens with one attached hydrogen (secondary N) is 1. The molecule has 1 heterocycles. The Balaban J connectivity index is 2.72. The maximum absolute atomic E-state index is 6.33. The number of hydrogen-bond donors (Lipinski definition) is 2. The molecule has 3 N–H and O–H groups in total. The predicted molar refractivity (Wildman–Crippen MR) is 75.6 cm³/mol. The fraction of sp³-hybridized carbons (Fsp3) is 0.750. The van der Waals surface area contributed by atoms with E-state index in [-0.39, 0.29) is 6.04 Å². The topological polar surface area (TPSA) is 59.1 Å². The lowest BCUT2D eigenvalue weighted by Gasteiger charge is -2.18. The molecule has 1 aromatic rings. The lowest BCUT2D eigenvalue weighted by atomic mass is 10.1. The van der Waals surface area contributed by atoms with E-state index in [4.69, 9.17) is 17.4 Å². The second-order valence-corrected chi connectivity index (χ2v) is 5.22. The van der Waals surface area contributed by atoms with Gasteiger partial charge in [-0.15, -0.1) is 0 Å². The number of hydrazine groups is 1. The maximum Gasteiger partial charge on any atom is 0.0850 e. The van der Waals surface area contributed by atoms with Crippen molar-refractivity contribution in [2.45, 2.75) is 32.2 Å². The minimum absolute atomic E-state index is 0.213. The molecule has 1 atom stereocenters. The largest absolute Gasteiger partial charge is 0.309 e.